The van der Waals surface area contributed by atoms with E-state index in [4.69, 9.17) is 9.52 Å². The molecule has 1 aliphatic heterocycles. The van der Waals surface area contributed by atoms with E-state index in [0.717, 1.165) is 18.8 Å². The van der Waals surface area contributed by atoms with Gasteiger partial charge in [0.2, 0.25) is 5.76 Å². The molecule has 1 fully saturated rings. The number of likely N-dealkylation sites (tertiary alicyclic amines) is 1. The Labute approximate surface area is 108 Å². The van der Waals surface area contributed by atoms with Crippen LogP contribution in [0.4, 0.5) is 0 Å². The molecule has 1 aliphatic rings. The van der Waals surface area contributed by atoms with Gasteiger partial charge in [-0.3, -0.25) is 4.90 Å². The van der Waals surface area contributed by atoms with Gasteiger partial charge in [-0.1, -0.05) is 13.8 Å². The van der Waals surface area contributed by atoms with Crippen molar-refractivity contribution in [2.75, 3.05) is 13.1 Å². The van der Waals surface area contributed by atoms with E-state index in [2.05, 4.69) is 18.7 Å². The van der Waals surface area contributed by atoms with Crippen LogP contribution >= 0.6 is 0 Å². The highest BCUT2D eigenvalue weighted by Gasteiger charge is 2.27. The molecule has 18 heavy (non-hydrogen) atoms. The van der Waals surface area contributed by atoms with Crippen molar-refractivity contribution < 1.29 is 14.3 Å². The Morgan fingerprint density at radius 1 is 1.56 bits per heavy atom. The van der Waals surface area contributed by atoms with E-state index in [-0.39, 0.29) is 5.76 Å². The van der Waals surface area contributed by atoms with Gasteiger partial charge in [0.15, 0.2) is 0 Å². The number of carbonyl (C=O) groups is 1. The van der Waals surface area contributed by atoms with Crippen LogP contribution in [0.5, 0.6) is 0 Å². The minimum Gasteiger partial charge on any atom is -0.475 e. The lowest BCUT2D eigenvalue weighted by Crippen LogP contribution is -2.39. The molecule has 0 unspecified atom stereocenters. The van der Waals surface area contributed by atoms with Crippen molar-refractivity contribution in [2.45, 2.75) is 40.2 Å². The molecule has 0 spiro atoms. The molecule has 0 aliphatic carbocycles. The first-order chi connectivity index (χ1) is 8.37. The molecule has 0 atom stereocenters. The normalized spacial score (nSPS) is 19.9. The third kappa shape index (κ3) is 2.93. The van der Waals surface area contributed by atoms with Gasteiger partial charge in [0.1, 0.15) is 5.76 Å². The Kier molecular flexibility index (Phi) is 3.48. The number of aryl methyl sites for hydroxylation is 1. The van der Waals surface area contributed by atoms with Gasteiger partial charge in [0.25, 0.3) is 0 Å². The predicted molar refractivity (Wildman–Crippen MR) is 68.7 cm³/mol. The van der Waals surface area contributed by atoms with Crippen LogP contribution in [0.1, 0.15) is 48.6 Å². The van der Waals surface area contributed by atoms with Crippen LogP contribution in [0, 0.1) is 12.3 Å². The SMILES string of the molecule is Cc1cc(CN2CCCC(C)(C)C2)oc1C(=O)O. The fourth-order valence-electron chi connectivity index (χ4n) is 2.74. The topological polar surface area (TPSA) is 53.7 Å². The molecule has 1 saturated heterocycles. The summed E-state index contributed by atoms with van der Waals surface area (Å²) in [6.07, 6.45) is 2.44. The third-order valence-corrected chi connectivity index (χ3v) is 3.52. The number of piperidine rings is 1. The summed E-state index contributed by atoms with van der Waals surface area (Å²) in [5.41, 5.74) is 1.05. The summed E-state index contributed by atoms with van der Waals surface area (Å²) in [7, 11) is 0. The molecule has 1 N–H and O–H groups in total. The van der Waals surface area contributed by atoms with Crippen molar-refractivity contribution >= 4 is 5.97 Å². The zero-order valence-electron chi connectivity index (χ0n) is 11.3. The molecular formula is C14H21NO3. The maximum absolute atomic E-state index is 10.9. The Balaban J connectivity index is 2.05. The minimum atomic E-state index is -0.988. The van der Waals surface area contributed by atoms with Crippen LogP contribution in [-0.2, 0) is 6.54 Å². The summed E-state index contributed by atoms with van der Waals surface area (Å²) >= 11 is 0. The molecule has 1 aromatic rings. The lowest BCUT2D eigenvalue weighted by Gasteiger charge is -2.37. The molecule has 0 aromatic carbocycles. The van der Waals surface area contributed by atoms with Crippen molar-refractivity contribution in [2.24, 2.45) is 5.41 Å². The van der Waals surface area contributed by atoms with E-state index >= 15 is 0 Å². The van der Waals surface area contributed by atoms with Crippen molar-refractivity contribution in [1.29, 1.82) is 0 Å². The van der Waals surface area contributed by atoms with Gasteiger partial charge in [0.05, 0.1) is 6.54 Å². The first kappa shape index (κ1) is 13.1. The number of hydrogen-bond donors (Lipinski definition) is 1. The van der Waals surface area contributed by atoms with Crippen molar-refractivity contribution in [3.63, 3.8) is 0 Å². The Morgan fingerprint density at radius 2 is 2.28 bits per heavy atom. The van der Waals surface area contributed by atoms with E-state index in [1.54, 1.807) is 6.92 Å². The Morgan fingerprint density at radius 3 is 2.83 bits per heavy atom. The number of rotatable bonds is 3. The smallest absolute Gasteiger partial charge is 0.372 e. The van der Waals surface area contributed by atoms with E-state index < -0.39 is 5.97 Å². The van der Waals surface area contributed by atoms with Gasteiger partial charge in [-0.2, -0.15) is 0 Å². The van der Waals surface area contributed by atoms with Gasteiger partial charge >= 0.3 is 5.97 Å². The molecule has 0 radical (unpaired) electrons. The maximum atomic E-state index is 10.9. The second-order valence-electron chi connectivity index (χ2n) is 6.01. The van der Waals surface area contributed by atoms with Gasteiger partial charge < -0.3 is 9.52 Å². The number of nitrogens with zero attached hydrogens (tertiary/aromatic N) is 1. The van der Waals surface area contributed by atoms with Gasteiger partial charge in [-0.05, 0) is 37.8 Å². The minimum absolute atomic E-state index is 0.0706. The molecule has 4 heteroatoms. The molecule has 1 aromatic heterocycles. The van der Waals surface area contributed by atoms with Crippen LogP contribution in [-0.4, -0.2) is 29.1 Å². The fourth-order valence-corrected chi connectivity index (χ4v) is 2.74. The molecule has 0 saturated carbocycles. The lowest BCUT2D eigenvalue weighted by molar-refractivity contribution is 0.0651. The van der Waals surface area contributed by atoms with E-state index in [1.807, 2.05) is 6.07 Å². The maximum Gasteiger partial charge on any atom is 0.372 e. The van der Waals surface area contributed by atoms with Gasteiger partial charge in [0, 0.05) is 12.1 Å². The number of carboxylic acids is 1. The number of hydrogen-bond acceptors (Lipinski definition) is 3. The molecule has 100 valence electrons. The summed E-state index contributed by atoms with van der Waals surface area (Å²) < 4.78 is 5.41. The highest BCUT2D eigenvalue weighted by atomic mass is 16.4. The largest absolute Gasteiger partial charge is 0.475 e. The number of carboxylic acid groups (broad SMARTS) is 1. The molecule has 4 nitrogen and oxygen atoms in total. The molecular weight excluding hydrogens is 230 g/mol. The second kappa shape index (κ2) is 4.76. The predicted octanol–water partition coefficient (Wildman–Crippen LogP) is 2.91. The van der Waals surface area contributed by atoms with Crippen LogP contribution in [0.15, 0.2) is 10.5 Å². The van der Waals surface area contributed by atoms with Gasteiger partial charge in [-0.25, -0.2) is 4.79 Å². The monoisotopic (exact) mass is 251 g/mol. The highest BCUT2D eigenvalue weighted by Crippen LogP contribution is 2.29. The van der Waals surface area contributed by atoms with Crippen molar-refractivity contribution in [3.05, 3.63) is 23.2 Å². The third-order valence-electron chi connectivity index (χ3n) is 3.52. The quantitative estimate of drug-likeness (QED) is 0.897. The summed E-state index contributed by atoms with van der Waals surface area (Å²) in [5, 5.41) is 8.96. The Bertz CT molecular complexity index is 448. The van der Waals surface area contributed by atoms with Crippen molar-refractivity contribution in [1.82, 2.24) is 4.90 Å². The average molecular weight is 251 g/mol. The zero-order valence-corrected chi connectivity index (χ0v) is 11.3. The first-order valence-corrected chi connectivity index (χ1v) is 6.42. The highest BCUT2D eigenvalue weighted by molar-refractivity contribution is 5.86. The van der Waals surface area contributed by atoms with Crippen molar-refractivity contribution in [3.8, 4) is 0 Å². The molecule has 0 amide bonds. The van der Waals surface area contributed by atoms with Crippen LogP contribution in [0.25, 0.3) is 0 Å². The summed E-state index contributed by atoms with van der Waals surface area (Å²) in [6.45, 7) is 9.12. The average Bonchev–Trinajstić information content (AvgIpc) is 2.58. The molecule has 2 rings (SSSR count). The standard InChI is InChI=1S/C14H21NO3/c1-10-7-11(18-12(10)13(16)17)8-15-6-4-5-14(2,3)9-15/h7H,4-6,8-9H2,1-3H3,(H,16,17). The first-order valence-electron chi connectivity index (χ1n) is 6.42. The lowest BCUT2D eigenvalue weighted by atomic mass is 9.84. The van der Waals surface area contributed by atoms with E-state index in [9.17, 15) is 4.79 Å². The molecule has 2 heterocycles. The van der Waals surface area contributed by atoms with Crippen LogP contribution in [0.3, 0.4) is 0 Å². The van der Waals surface area contributed by atoms with Crippen LogP contribution < -0.4 is 0 Å². The second-order valence-corrected chi connectivity index (χ2v) is 6.01. The summed E-state index contributed by atoms with van der Waals surface area (Å²) in [6, 6.07) is 1.84. The van der Waals surface area contributed by atoms with Crippen LogP contribution in [0.2, 0.25) is 0 Å². The fraction of sp³-hybridized carbons (Fsp3) is 0.643. The zero-order chi connectivity index (χ0) is 13.3. The van der Waals surface area contributed by atoms with E-state index in [0.29, 0.717) is 17.5 Å². The van der Waals surface area contributed by atoms with E-state index in [1.165, 1.54) is 12.8 Å². The number of aromatic carboxylic acids is 1. The summed E-state index contributed by atoms with van der Waals surface area (Å²) in [5.74, 6) is -0.165. The summed E-state index contributed by atoms with van der Waals surface area (Å²) in [4.78, 5) is 13.3. The Hall–Kier alpha value is -1.29. The van der Waals surface area contributed by atoms with Gasteiger partial charge in [-0.15, -0.1) is 0 Å². The number of furan rings is 1. The molecule has 0 bridgehead atoms.